The van der Waals surface area contributed by atoms with Crippen LogP contribution in [0.3, 0.4) is 0 Å². The minimum absolute atomic E-state index is 0.118. The molecule has 0 fully saturated rings. The van der Waals surface area contributed by atoms with Gasteiger partial charge >= 0.3 is 5.97 Å². The van der Waals surface area contributed by atoms with Crippen molar-refractivity contribution in [2.45, 2.75) is 17.9 Å². The molecule has 0 heterocycles. The van der Waals surface area contributed by atoms with E-state index < -0.39 is 22.0 Å². The molecule has 0 saturated heterocycles. The van der Waals surface area contributed by atoms with Crippen LogP contribution in [0, 0.1) is 0 Å². The molecule has 0 aliphatic heterocycles. The molecule has 2 aromatic carbocycles. The van der Waals surface area contributed by atoms with Crippen LogP contribution >= 0.6 is 11.6 Å². The number of rotatable bonds is 7. The van der Waals surface area contributed by atoms with Crippen molar-refractivity contribution in [3.63, 3.8) is 0 Å². The lowest BCUT2D eigenvalue weighted by atomic mass is 10.1. The van der Waals surface area contributed by atoms with Gasteiger partial charge in [-0.05, 0) is 30.7 Å². The molecular formula is C17H18ClNO5S. The van der Waals surface area contributed by atoms with Crippen LogP contribution < -0.4 is 9.46 Å². The highest BCUT2D eigenvalue weighted by atomic mass is 35.5. The summed E-state index contributed by atoms with van der Waals surface area (Å²) in [7, 11) is -2.75. The summed E-state index contributed by atoms with van der Waals surface area (Å²) in [5, 5.41) is 0.230. The average molecular weight is 384 g/mol. The first-order valence-electron chi connectivity index (χ1n) is 7.46. The molecule has 25 heavy (non-hydrogen) atoms. The fourth-order valence-corrected chi connectivity index (χ4v) is 3.81. The number of carbonyl (C=O) groups is 1. The van der Waals surface area contributed by atoms with Crippen LogP contribution in [-0.4, -0.2) is 28.1 Å². The van der Waals surface area contributed by atoms with E-state index in [2.05, 4.69) is 4.72 Å². The summed E-state index contributed by atoms with van der Waals surface area (Å²) in [6, 6.07) is 11.5. The van der Waals surface area contributed by atoms with E-state index in [1.54, 1.807) is 37.3 Å². The molecule has 2 rings (SSSR count). The summed E-state index contributed by atoms with van der Waals surface area (Å²) in [5.74, 6) is -0.578. The van der Waals surface area contributed by atoms with Crippen molar-refractivity contribution < 1.29 is 22.7 Å². The number of nitrogens with one attached hydrogen (secondary N) is 1. The average Bonchev–Trinajstić information content (AvgIpc) is 2.60. The van der Waals surface area contributed by atoms with E-state index in [-0.39, 0.29) is 22.3 Å². The lowest BCUT2D eigenvalue weighted by Gasteiger charge is -2.19. The Bertz CT molecular complexity index is 839. The van der Waals surface area contributed by atoms with Crippen LogP contribution in [0.15, 0.2) is 53.4 Å². The summed E-state index contributed by atoms with van der Waals surface area (Å²) in [6.07, 6.45) is 0. The van der Waals surface area contributed by atoms with Gasteiger partial charge in [0.1, 0.15) is 16.7 Å². The van der Waals surface area contributed by atoms with Crippen LogP contribution in [0.25, 0.3) is 0 Å². The molecule has 1 atom stereocenters. The summed E-state index contributed by atoms with van der Waals surface area (Å²) >= 11 is 5.91. The maximum Gasteiger partial charge on any atom is 0.328 e. The van der Waals surface area contributed by atoms with E-state index in [4.69, 9.17) is 21.1 Å². The van der Waals surface area contributed by atoms with Crippen LogP contribution in [0.1, 0.15) is 18.5 Å². The number of benzene rings is 2. The van der Waals surface area contributed by atoms with Gasteiger partial charge in [-0.3, -0.25) is 0 Å². The Morgan fingerprint density at radius 2 is 1.88 bits per heavy atom. The third kappa shape index (κ3) is 4.72. The molecule has 6 nitrogen and oxygen atoms in total. The fourth-order valence-electron chi connectivity index (χ4n) is 2.20. The molecule has 0 aliphatic carbocycles. The molecule has 134 valence electrons. The van der Waals surface area contributed by atoms with E-state index >= 15 is 0 Å². The number of ether oxygens (including phenoxy) is 2. The monoisotopic (exact) mass is 383 g/mol. The van der Waals surface area contributed by atoms with E-state index in [9.17, 15) is 13.2 Å². The summed E-state index contributed by atoms with van der Waals surface area (Å²) in [4.78, 5) is 12.1. The van der Waals surface area contributed by atoms with Crippen molar-refractivity contribution in [1.29, 1.82) is 0 Å². The SMILES string of the molecule is CCOC(=O)C(NS(=O)(=O)c1cc(Cl)ccc1OC)c1ccccc1. The third-order valence-electron chi connectivity index (χ3n) is 3.34. The van der Waals surface area contributed by atoms with Gasteiger partial charge in [-0.25, -0.2) is 13.2 Å². The standard InChI is InChI=1S/C17H18ClNO5S/c1-3-24-17(20)16(12-7-5-4-6-8-12)19-25(21,22)15-11-13(18)9-10-14(15)23-2/h4-11,16,19H,3H2,1-2H3. The van der Waals surface area contributed by atoms with E-state index in [0.29, 0.717) is 5.56 Å². The van der Waals surface area contributed by atoms with Gasteiger partial charge in [-0.1, -0.05) is 41.9 Å². The fraction of sp³-hybridized carbons (Fsp3) is 0.235. The minimum Gasteiger partial charge on any atom is -0.495 e. The molecule has 0 aromatic heterocycles. The van der Waals surface area contributed by atoms with E-state index in [0.717, 1.165) is 0 Å². The van der Waals surface area contributed by atoms with Crippen LogP contribution in [0.2, 0.25) is 5.02 Å². The number of hydrogen-bond donors (Lipinski definition) is 1. The highest BCUT2D eigenvalue weighted by Gasteiger charge is 2.30. The number of halogens is 1. The van der Waals surface area contributed by atoms with Gasteiger partial charge in [0.25, 0.3) is 0 Å². The Morgan fingerprint density at radius 1 is 1.20 bits per heavy atom. The lowest BCUT2D eigenvalue weighted by molar-refractivity contribution is -0.145. The molecule has 0 spiro atoms. The Balaban J connectivity index is 2.44. The molecule has 0 aliphatic rings. The molecule has 0 bridgehead atoms. The van der Waals surface area contributed by atoms with Crippen molar-refractivity contribution in [2.24, 2.45) is 0 Å². The second kappa shape index (κ2) is 8.33. The molecular weight excluding hydrogens is 366 g/mol. The zero-order valence-corrected chi connectivity index (χ0v) is 15.3. The van der Waals surface area contributed by atoms with Crippen molar-refractivity contribution in [1.82, 2.24) is 4.72 Å². The van der Waals surface area contributed by atoms with Gasteiger partial charge in [-0.2, -0.15) is 4.72 Å². The summed E-state index contributed by atoms with van der Waals surface area (Å²) in [5.41, 5.74) is 0.463. The van der Waals surface area contributed by atoms with E-state index in [1.807, 2.05) is 0 Å². The third-order valence-corrected chi connectivity index (χ3v) is 5.02. The summed E-state index contributed by atoms with van der Waals surface area (Å²) in [6.45, 7) is 1.78. The van der Waals surface area contributed by atoms with Gasteiger partial charge in [-0.15, -0.1) is 0 Å². The molecule has 1 N–H and O–H groups in total. The largest absolute Gasteiger partial charge is 0.495 e. The Hall–Kier alpha value is -2.09. The normalized spacial score (nSPS) is 12.4. The van der Waals surface area contributed by atoms with Crippen molar-refractivity contribution in [3.8, 4) is 5.75 Å². The summed E-state index contributed by atoms with van der Waals surface area (Å²) < 4.78 is 38.1. The highest BCUT2D eigenvalue weighted by molar-refractivity contribution is 7.89. The molecule has 0 amide bonds. The molecule has 8 heteroatoms. The molecule has 0 radical (unpaired) electrons. The topological polar surface area (TPSA) is 81.7 Å². The second-order valence-corrected chi connectivity index (χ2v) is 7.13. The van der Waals surface area contributed by atoms with Gasteiger partial charge in [0.2, 0.25) is 10.0 Å². The smallest absolute Gasteiger partial charge is 0.328 e. The van der Waals surface area contributed by atoms with Gasteiger partial charge < -0.3 is 9.47 Å². The van der Waals surface area contributed by atoms with E-state index in [1.165, 1.54) is 25.3 Å². The van der Waals surface area contributed by atoms with Crippen molar-refractivity contribution in [2.75, 3.05) is 13.7 Å². The Kier molecular flexibility index (Phi) is 6.41. The van der Waals surface area contributed by atoms with Gasteiger partial charge in [0.15, 0.2) is 0 Å². The minimum atomic E-state index is -4.10. The maximum atomic E-state index is 12.8. The van der Waals surface area contributed by atoms with Crippen molar-refractivity contribution >= 4 is 27.6 Å². The maximum absolute atomic E-state index is 12.8. The highest BCUT2D eigenvalue weighted by Crippen LogP contribution is 2.28. The quantitative estimate of drug-likeness (QED) is 0.743. The lowest BCUT2D eigenvalue weighted by Crippen LogP contribution is -2.35. The molecule has 1 unspecified atom stereocenters. The second-order valence-electron chi connectivity index (χ2n) is 5.01. The Morgan fingerprint density at radius 3 is 2.48 bits per heavy atom. The van der Waals surface area contributed by atoms with Crippen LogP contribution in [0.5, 0.6) is 5.75 Å². The van der Waals surface area contributed by atoms with Gasteiger partial charge in [0, 0.05) is 5.02 Å². The number of methoxy groups -OCH3 is 1. The van der Waals surface area contributed by atoms with Crippen LogP contribution in [0.4, 0.5) is 0 Å². The Labute approximate surface area is 151 Å². The zero-order valence-electron chi connectivity index (χ0n) is 13.7. The van der Waals surface area contributed by atoms with Crippen molar-refractivity contribution in [3.05, 3.63) is 59.1 Å². The molecule has 2 aromatic rings. The number of hydrogen-bond acceptors (Lipinski definition) is 5. The number of sulfonamides is 1. The number of esters is 1. The predicted molar refractivity (Wildman–Crippen MR) is 94.1 cm³/mol. The predicted octanol–water partition coefficient (Wildman–Crippen LogP) is 2.93. The molecule has 0 saturated carbocycles. The zero-order chi connectivity index (χ0) is 18.4. The van der Waals surface area contributed by atoms with Crippen LogP contribution in [-0.2, 0) is 19.6 Å². The number of carbonyl (C=O) groups excluding carboxylic acids is 1. The first-order chi connectivity index (χ1) is 11.9. The first-order valence-corrected chi connectivity index (χ1v) is 9.32. The first kappa shape index (κ1) is 19.2. The van der Waals surface area contributed by atoms with Gasteiger partial charge in [0.05, 0.1) is 13.7 Å².